The Morgan fingerprint density at radius 2 is 1.92 bits per heavy atom. The van der Waals surface area contributed by atoms with E-state index in [1.54, 1.807) is 0 Å². The van der Waals surface area contributed by atoms with E-state index in [1.165, 1.54) is 0 Å². The van der Waals surface area contributed by atoms with Crippen LogP contribution in [-0.4, -0.2) is 17.0 Å². The summed E-state index contributed by atoms with van der Waals surface area (Å²) in [6.07, 6.45) is 5.22. The van der Waals surface area contributed by atoms with Gasteiger partial charge in [-0.3, -0.25) is 4.79 Å². The molecule has 0 saturated heterocycles. The number of carbonyl (C=O) groups excluding carboxylic acids is 1. The fraction of sp³-hybridized carbons (Fsp3) is 0.889. The Hall–Kier alpha value is -0.570. The van der Waals surface area contributed by atoms with E-state index in [4.69, 9.17) is 5.73 Å². The fourth-order valence-electron chi connectivity index (χ4n) is 2.71. The Bertz CT molecular complexity index is 237. The lowest BCUT2D eigenvalue weighted by molar-refractivity contribution is -0.137. The van der Waals surface area contributed by atoms with Gasteiger partial charge in [0.15, 0.2) is 0 Å². The Labute approximate surface area is 71.7 Å². The van der Waals surface area contributed by atoms with Gasteiger partial charge in [0.1, 0.15) is 0 Å². The van der Waals surface area contributed by atoms with Crippen LogP contribution in [0.3, 0.4) is 0 Å². The third kappa shape index (κ3) is 0.774. The van der Waals surface area contributed by atoms with Crippen LogP contribution in [0.1, 0.15) is 32.1 Å². The summed E-state index contributed by atoms with van der Waals surface area (Å²) in [6, 6.07) is 0. The first-order valence-electron chi connectivity index (χ1n) is 4.72. The fourth-order valence-corrected chi connectivity index (χ4v) is 2.71. The molecule has 1 amide bonds. The summed E-state index contributed by atoms with van der Waals surface area (Å²) in [5.41, 5.74) is 6.14. The molecule has 0 aromatic carbocycles. The predicted molar refractivity (Wildman–Crippen MR) is 44.4 cm³/mol. The normalized spacial score (nSPS) is 49.1. The Morgan fingerprint density at radius 1 is 1.33 bits per heavy atom. The molecule has 4 aliphatic rings. The van der Waals surface area contributed by atoms with Crippen LogP contribution in [0.15, 0.2) is 0 Å². The van der Waals surface area contributed by atoms with E-state index in [9.17, 15) is 4.79 Å². The number of amides is 1. The summed E-state index contributed by atoms with van der Waals surface area (Å²) in [4.78, 5) is 11.4. The molecule has 4 saturated carbocycles. The van der Waals surface area contributed by atoms with Crippen molar-refractivity contribution in [1.82, 2.24) is 5.32 Å². The van der Waals surface area contributed by atoms with E-state index in [1.807, 2.05) is 0 Å². The minimum Gasteiger partial charge on any atom is -0.350 e. The van der Waals surface area contributed by atoms with Gasteiger partial charge in [0, 0.05) is 17.0 Å². The van der Waals surface area contributed by atoms with Crippen molar-refractivity contribution >= 4 is 5.91 Å². The maximum Gasteiger partial charge on any atom is 0.223 e. The summed E-state index contributed by atoms with van der Waals surface area (Å²) < 4.78 is 0. The molecule has 0 heterocycles. The van der Waals surface area contributed by atoms with Crippen molar-refractivity contribution < 1.29 is 4.79 Å². The monoisotopic (exact) mass is 166 g/mol. The standard InChI is InChI=1S/C9H14N2O/c10-8-3-9(4-8,5-8)11-7(12)6-1-2-6/h6H,1-5,10H2,(H,11,12). The van der Waals surface area contributed by atoms with Gasteiger partial charge in [-0.15, -0.1) is 0 Å². The number of carbonyl (C=O) groups is 1. The Morgan fingerprint density at radius 3 is 2.33 bits per heavy atom. The van der Waals surface area contributed by atoms with Gasteiger partial charge in [-0.2, -0.15) is 0 Å². The molecule has 0 aliphatic heterocycles. The molecule has 3 heteroatoms. The minimum absolute atomic E-state index is 0.108. The van der Waals surface area contributed by atoms with E-state index in [0.717, 1.165) is 32.1 Å². The molecule has 66 valence electrons. The SMILES string of the molecule is NC12CC(NC(=O)C3CC3)(C1)C2. The van der Waals surface area contributed by atoms with E-state index in [-0.39, 0.29) is 17.0 Å². The van der Waals surface area contributed by atoms with Gasteiger partial charge in [-0.25, -0.2) is 0 Å². The lowest BCUT2D eigenvalue weighted by Gasteiger charge is -2.68. The van der Waals surface area contributed by atoms with Crippen molar-refractivity contribution in [2.75, 3.05) is 0 Å². The van der Waals surface area contributed by atoms with E-state index in [2.05, 4.69) is 5.32 Å². The summed E-state index contributed by atoms with van der Waals surface area (Å²) in [6.45, 7) is 0. The highest BCUT2D eigenvalue weighted by molar-refractivity contribution is 5.82. The summed E-state index contributed by atoms with van der Waals surface area (Å²) >= 11 is 0. The minimum atomic E-state index is 0.108. The zero-order valence-electron chi connectivity index (χ0n) is 7.10. The molecule has 4 fully saturated rings. The van der Waals surface area contributed by atoms with Crippen LogP contribution in [0.25, 0.3) is 0 Å². The van der Waals surface area contributed by atoms with Crippen molar-refractivity contribution in [2.24, 2.45) is 11.7 Å². The molecule has 4 rings (SSSR count). The van der Waals surface area contributed by atoms with Crippen molar-refractivity contribution in [1.29, 1.82) is 0 Å². The molecule has 12 heavy (non-hydrogen) atoms. The molecule has 2 bridgehead atoms. The van der Waals surface area contributed by atoms with Gasteiger partial charge in [-0.1, -0.05) is 0 Å². The zero-order chi connectivity index (χ0) is 8.40. The number of hydrogen-bond donors (Lipinski definition) is 2. The third-order valence-corrected chi connectivity index (χ3v) is 3.41. The number of nitrogens with one attached hydrogen (secondary N) is 1. The second-order valence-corrected chi connectivity index (χ2v) is 4.94. The van der Waals surface area contributed by atoms with Crippen LogP contribution in [0.5, 0.6) is 0 Å². The molecule has 4 aliphatic carbocycles. The number of rotatable bonds is 2. The van der Waals surface area contributed by atoms with Crippen molar-refractivity contribution in [2.45, 2.75) is 43.2 Å². The quantitative estimate of drug-likeness (QED) is 0.613. The molecular formula is C9H14N2O. The highest BCUT2D eigenvalue weighted by Gasteiger charge is 2.66. The van der Waals surface area contributed by atoms with Gasteiger partial charge >= 0.3 is 0 Å². The Kier molecular flexibility index (Phi) is 0.971. The first-order valence-corrected chi connectivity index (χ1v) is 4.72. The van der Waals surface area contributed by atoms with E-state index in [0.29, 0.717) is 5.92 Å². The lowest BCUT2D eigenvalue weighted by Crippen LogP contribution is -2.82. The summed E-state index contributed by atoms with van der Waals surface area (Å²) in [5.74, 6) is 0.615. The highest BCUT2D eigenvalue weighted by Crippen LogP contribution is 2.58. The first-order chi connectivity index (χ1) is 5.61. The largest absolute Gasteiger partial charge is 0.350 e. The second kappa shape index (κ2) is 1.69. The van der Waals surface area contributed by atoms with Crippen molar-refractivity contribution in [3.05, 3.63) is 0 Å². The molecule has 0 atom stereocenters. The third-order valence-electron chi connectivity index (χ3n) is 3.41. The maximum absolute atomic E-state index is 11.4. The Balaban J connectivity index is 1.59. The van der Waals surface area contributed by atoms with Crippen LogP contribution < -0.4 is 11.1 Å². The topological polar surface area (TPSA) is 55.1 Å². The summed E-state index contributed by atoms with van der Waals surface area (Å²) in [7, 11) is 0. The number of hydrogen-bond acceptors (Lipinski definition) is 2. The second-order valence-electron chi connectivity index (χ2n) is 4.94. The molecule has 0 radical (unpaired) electrons. The van der Waals surface area contributed by atoms with Crippen LogP contribution in [-0.2, 0) is 4.79 Å². The predicted octanol–water partition coefficient (Wildman–Crippen LogP) is 0.146. The molecular weight excluding hydrogens is 152 g/mol. The highest BCUT2D eigenvalue weighted by atomic mass is 16.2. The summed E-state index contributed by atoms with van der Waals surface area (Å²) in [5, 5.41) is 3.13. The average molecular weight is 166 g/mol. The van der Waals surface area contributed by atoms with E-state index < -0.39 is 0 Å². The average Bonchev–Trinajstić information content (AvgIpc) is 2.61. The zero-order valence-corrected chi connectivity index (χ0v) is 7.10. The maximum atomic E-state index is 11.4. The van der Waals surface area contributed by atoms with Gasteiger partial charge in [0.05, 0.1) is 0 Å². The lowest BCUT2D eigenvalue weighted by atomic mass is 9.44. The van der Waals surface area contributed by atoms with Gasteiger partial charge in [0.25, 0.3) is 0 Å². The van der Waals surface area contributed by atoms with Crippen molar-refractivity contribution in [3.63, 3.8) is 0 Å². The smallest absolute Gasteiger partial charge is 0.223 e. The number of nitrogens with two attached hydrogens (primary N) is 1. The molecule has 3 N–H and O–H groups in total. The molecule has 0 aromatic heterocycles. The van der Waals surface area contributed by atoms with E-state index >= 15 is 0 Å². The molecule has 0 unspecified atom stereocenters. The van der Waals surface area contributed by atoms with Gasteiger partial charge in [-0.05, 0) is 32.1 Å². The van der Waals surface area contributed by atoms with Gasteiger partial charge < -0.3 is 11.1 Å². The molecule has 0 spiro atoms. The van der Waals surface area contributed by atoms with Crippen LogP contribution in [0, 0.1) is 5.92 Å². The molecule has 0 aromatic rings. The molecule has 3 nitrogen and oxygen atoms in total. The van der Waals surface area contributed by atoms with Crippen LogP contribution >= 0.6 is 0 Å². The van der Waals surface area contributed by atoms with Crippen molar-refractivity contribution in [3.8, 4) is 0 Å². The first kappa shape index (κ1) is 6.89. The van der Waals surface area contributed by atoms with Crippen LogP contribution in [0.2, 0.25) is 0 Å². The van der Waals surface area contributed by atoms with Crippen LogP contribution in [0.4, 0.5) is 0 Å². The van der Waals surface area contributed by atoms with Gasteiger partial charge in [0.2, 0.25) is 5.91 Å².